The largest absolute Gasteiger partial charge is 0.367 e. The van der Waals surface area contributed by atoms with E-state index >= 15 is 0 Å². The molecule has 66 valence electrons. The van der Waals surface area contributed by atoms with Crippen LogP contribution in [-0.4, -0.2) is 23.1 Å². The van der Waals surface area contributed by atoms with Gasteiger partial charge >= 0.3 is 0 Å². The summed E-state index contributed by atoms with van der Waals surface area (Å²) < 4.78 is 4.91. The Kier molecular flexibility index (Phi) is 1.77. The summed E-state index contributed by atoms with van der Waals surface area (Å²) in [6.45, 7) is 5.15. The monoisotopic (exact) mass is 167 g/mol. The van der Waals surface area contributed by atoms with E-state index < -0.39 is 0 Å². The van der Waals surface area contributed by atoms with Gasteiger partial charge in [-0.15, -0.1) is 0 Å². The Morgan fingerprint density at radius 1 is 1.67 bits per heavy atom. The Labute approximate surface area is 71.3 Å². The van der Waals surface area contributed by atoms with Crippen LogP contribution >= 0.6 is 0 Å². The molecule has 0 aromatic carbocycles. The van der Waals surface area contributed by atoms with Crippen molar-refractivity contribution in [3.63, 3.8) is 0 Å². The molecule has 2 N–H and O–H groups in total. The SMILES string of the molecule is CCN1CCc2c(noc2N)C1. The van der Waals surface area contributed by atoms with E-state index in [4.69, 9.17) is 10.3 Å². The zero-order chi connectivity index (χ0) is 8.55. The van der Waals surface area contributed by atoms with Crippen LogP contribution in [0.5, 0.6) is 0 Å². The normalized spacial score (nSPS) is 17.8. The Morgan fingerprint density at radius 2 is 2.50 bits per heavy atom. The second-order valence-electron chi connectivity index (χ2n) is 3.09. The van der Waals surface area contributed by atoms with Crippen molar-refractivity contribution in [2.24, 2.45) is 0 Å². The lowest BCUT2D eigenvalue weighted by Crippen LogP contribution is -2.30. The van der Waals surface area contributed by atoms with Gasteiger partial charge in [0.1, 0.15) is 5.69 Å². The minimum absolute atomic E-state index is 0.501. The van der Waals surface area contributed by atoms with E-state index in [1.807, 2.05) is 0 Å². The fourth-order valence-corrected chi connectivity index (χ4v) is 1.58. The van der Waals surface area contributed by atoms with Crippen LogP contribution in [0.25, 0.3) is 0 Å². The van der Waals surface area contributed by atoms with Crippen LogP contribution in [0, 0.1) is 0 Å². The number of hydrogen-bond acceptors (Lipinski definition) is 4. The van der Waals surface area contributed by atoms with Crippen molar-refractivity contribution >= 4 is 5.88 Å². The standard InChI is InChI=1S/C8H13N3O/c1-2-11-4-3-6-7(5-11)10-12-8(6)9/h2-5,9H2,1H3. The molecule has 0 unspecified atom stereocenters. The zero-order valence-corrected chi connectivity index (χ0v) is 7.21. The molecule has 0 spiro atoms. The van der Waals surface area contributed by atoms with E-state index in [0.717, 1.165) is 37.3 Å². The van der Waals surface area contributed by atoms with Gasteiger partial charge in [-0.3, -0.25) is 4.90 Å². The molecule has 0 amide bonds. The van der Waals surface area contributed by atoms with Crippen LogP contribution in [0.4, 0.5) is 5.88 Å². The third-order valence-corrected chi connectivity index (χ3v) is 2.40. The molecule has 2 heterocycles. The van der Waals surface area contributed by atoms with Gasteiger partial charge in [-0.2, -0.15) is 0 Å². The minimum Gasteiger partial charge on any atom is -0.367 e. The first-order valence-electron chi connectivity index (χ1n) is 4.26. The van der Waals surface area contributed by atoms with Gasteiger partial charge in [0, 0.05) is 18.7 Å². The maximum absolute atomic E-state index is 5.60. The average molecular weight is 167 g/mol. The maximum atomic E-state index is 5.60. The van der Waals surface area contributed by atoms with Gasteiger partial charge in [-0.25, -0.2) is 0 Å². The van der Waals surface area contributed by atoms with Gasteiger partial charge in [0.2, 0.25) is 5.88 Å². The highest BCUT2D eigenvalue weighted by molar-refractivity contribution is 5.40. The molecule has 1 aromatic heterocycles. The molecule has 0 saturated carbocycles. The molecule has 4 nitrogen and oxygen atoms in total. The molecule has 1 aromatic rings. The third-order valence-electron chi connectivity index (χ3n) is 2.40. The summed E-state index contributed by atoms with van der Waals surface area (Å²) in [4.78, 5) is 2.32. The van der Waals surface area contributed by atoms with Gasteiger partial charge in [0.15, 0.2) is 0 Å². The van der Waals surface area contributed by atoms with Crippen LogP contribution in [0.2, 0.25) is 0 Å². The van der Waals surface area contributed by atoms with Crippen LogP contribution in [-0.2, 0) is 13.0 Å². The summed E-state index contributed by atoms with van der Waals surface area (Å²) in [5, 5.41) is 3.91. The number of anilines is 1. The predicted molar refractivity (Wildman–Crippen MR) is 45.6 cm³/mol. The molecule has 1 aliphatic rings. The Morgan fingerprint density at radius 3 is 3.25 bits per heavy atom. The molecule has 0 saturated heterocycles. The van der Waals surface area contributed by atoms with Crippen LogP contribution in [0.3, 0.4) is 0 Å². The third kappa shape index (κ3) is 1.08. The molecular formula is C8H13N3O. The van der Waals surface area contributed by atoms with Crippen molar-refractivity contribution in [1.29, 1.82) is 0 Å². The van der Waals surface area contributed by atoms with Crippen molar-refractivity contribution in [2.45, 2.75) is 19.9 Å². The number of nitrogen functional groups attached to an aromatic ring is 1. The summed E-state index contributed by atoms with van der Waals surface area (Å²) in [5.74, 6) is 0.501. The van der Waals surface area contributed by atoms with E-state index in [1.54, 1.807) is 0 Å². The highest BCUT2D eigenvalue weighted by atomic mass is 16.5. The lowest BCUT2D eigenvalue weighted by molar-refractivity contribution is 0.261. The molecule has 0 aliphatic carbocycles. The summed E-state index contributed by atoms with van der Waals surface area (Å²) in [6.07, 6.45) is 0.971. The lowest BCUT2D eigenvalue weighted by atomic mass is 10.1. The van der Waals surface area contributed by atoms with Gasteiger partial charge < -0.3 is 10.3 Å². The minimum atomic E-state index is 0.501. The Balaban J connectivity index is 2.24. The summed E-state index contributed by atoms with van der Waals surface area (Å²) in [5.41, 5.74) is 7.73. The highest BCUT2D eigenvalue weighted by Crippen LogP contribution is 2.22. The number of nitrogens with two attached hydrogens (primary N) is 1. The summed E-state index contributed by atoms with van der Waals surface area (Å²) in [7, 11) is 0. The van der Waals surface area contributed by atoms with E-state index in [9.17, 15) is 0 Å². The molecule has 1 aliphatic heterocycles. The summed E-state index contributed by atoms with van der Waals surface area (Å²) in [6, 6.07) is 0. The Bertz CT molecular complexity index is 282. The second kappa shape index (κ2) is 2.79. The number of nitrogens with zero attached hydrogens (tertiary/aromatic N) is 2. The van der Waals surface area contributed by atoms with E-state index in [2.05, 4.69) is 17.0 Å². The molecule has 4 heteroatoms. The summed E-state index contributed by atoms with van der Waals surface area (Å²) >= 11 is 0. The van der Waals surface area contributed by atoms with Crippen molar-refractivity contribution < 1.29 is 4.52 Å². The van der Waals surface area contributed by atoms with Gasteiger partial charge in [-0.05, 0) is 13.0 Å². The van der Waals surface area contributed by atoms with Crippen LogP contribution in [0.1, 0.15) is 18.2 Å². The fraction of sp³-hybridized carbons (Fsp3) is 0.625. The lowest BCUT2D eigenvalue weighted by Gasteiger charge is -2.23. The first-order valence-corrected chi connectivity index (χ1v) is 4.26. The first-order chi connectivity index (χ1) is 5.81. The smallest absolute Gasteiger partial charge is 0.225 e. The first kappa shape index (κ1) is 7.61. The molecule has 2 rings (SSSR count). The highest BCUT2D eigenvalue weighted by Gasteiger charge is 2.21. The molecule has 0 atom stereocenters. The number of aromatic nitrogens is 1. The number of likely N-dealkylation sites (N-methyl/N-ethyl adjacent to an activating group) is 1. The van der Waals surface area contributed by atoms with Crippen molar-refractivity contribution in [2.75, 3.05) is 18.8 Å². The molecular weight excluding hydrogens is 154 g/mol. The van der Waals surface area contributed by atoms with Gasteiger partial charge in [0.05, 0.1) is 0 Å². The van der Waals surface area contributed by atoms with Gasteiger partial charge in [0.25, 0.3) is 0 Å². The van der Waals surface area contributed by atoms with Crippen molar-refractivity contribution in [3.05, 3.63) is 11.3 Å². The molecule has 0 bridgehead atoms. The number of fused-ring (bicyclic) bond motifs is 1. The second-order valence-corrected chi connectivity index (χ2v) is 3.09. The number of rotatable bonds is 1. The van der Waals surface area contributed by atoms with E-state index in [0.29, 0.717) is 5.88 Å². The molecule has 12 heavy (non-hydrogen) atoms. The fourth-order valence-electron chi connectivity index (χ4n) is 1.58. The van der Waals surface area contributed by atoms with Crippen molar-refractivity contribution in [3.8, 4) is 0 Å². The average Bonchev–Trinajstić information content (AvgIpc) is 2.47. The Hall–Kier alpha value is -1.03. The zero-order valence-electron chi connectivity index (χ0n) is 7.21. The van der Waals surface area contributed by atoms with Crippen LogP contribution < -0.4 is 5.73 Å². The van der Waals surface area contributed by atoms with Gasteiger partial charge in [-0.1, -0.05) is 12.1 Å². The molecule has 0 radical (unpaired) electrons. The van der Waals surface area contributed by atoms with E-state index in [-0.39, 0.29) is 0 Å². The van der Waals surface area contributed by atoms with E-state index in [1.165, 1.54) is 0 Å². The quantitative estimate of drug-likeness (QED) is 0.666. The topological polar surface area (TPSA) is 55.3 Å². The van der Waals surface area contributed by atoms with Crippen molar-refractivity contribution in [1.82, 2.24) is 10.1 Å². The van der Waals surface area contributed by atoms with Crippen LogP contribution in [0.15, 0.2) is 4.52 Å². The maximum Gasteiger partial charge on any atom is 0.225 e. The molecule has 0 fully saturated rings. The number of hydrogen-bond donors (Lipinski definition) is 1. The predicted octanol–water partition coefficient (Wildman–Crippen LogP) is 0.635.